The number of ketones is 1. The summed E-state index contributed by atoms with van der Waals surface area (Å²) >= 11 is 1.11. The van der Waals surface area contributed by atoms with Crippen LogP contribution in [-0.4, -0.2) is 17.2 Å². The summed E-state index contributed by atoms with van der Waals surface area (Å²) in [5.41, 5.74) is 1.56. The normalized spacial score (nSPS) is 26.2. The molecule has 0 aliphatic heterocycles. The second-order valence-corrected chi connectivity index (χ2v) is 4.40. The summed E-state index contributed by atoms with van der Waals surface area (Å²) in [6.07, 6.45) is 3.56. The summed E-state index contributed by atoms with van der Waals surface area (Å²) < 4.78 is 0. The fourth-order valence-electron chi connectivity index (χ4n) is 1.66. The van der Waals surface area contributed by atoms with Crippen molar-refractivity contribution in [1.82, 2.24) is 0 Å². The van der Waals surface area contributed by atoms with Crippen molar-refractivity contribution in [2.75, 3.05) is 6.26 Å². The fourth-order valence-corrected chi connectivity index (χ4v) is 2.17. The van der Waals surface area contributed by atoms with E-state index >= 15 is 0 Å². The molecule has 1 aliphatic rings. The predicted molar refractivity (Wildman–Crippen MR) is 59.1 cm³/mol. The van der Waals surface area contributed by atoms with Gasteiger partial charge in [0.15, 0.2) is 10.9 Å². The van der Waals surface area contributed by atoms with Crippen molar-refractivity contribution < 1.29 is 9.59 Å². The minimum atomic E-state index is -0.525. The van der Waals surface area contributed by atoms with Crippen LogP contribution in [-0.2, 0) is 9.59 Å². The average Bonchev–Trinajstić information content (AvgIpc) is 2.43. The van der Waals surface area contributed by atoms with Gasteiger partial charge in [-0.2, -0.15) is 0 Å². The maximum absolute atomic E-state index is 11.7. The van der Waals surface area contributed by atoms with Crippen LogP contribution in [0.5, 0.6) is 0 Å². The summed E-state index contributed by atoms with van der Waals surface area (Å²) in [6, 6.07) is 0. The van der Waals surface area contributed by atoms with Crippen LogP contribution in [0, 0.1) is 11.8 Å². The molecule has 2 unspecified atom stereocenters. The molecule has 1 rings (SSSR count). The topological polar surface area (TPSA) is 34.1 Å². The molecule has 0 heterocycles. The van der Waals surface area contributed by atoms with Crippen LogP contribution in [0.1, 0.15) is 13.8 Å². The number of thioether (sulfide) groups is 1. The van der Waals surface area contributed by atoms with E-state index in [1.165, 1.54) is 0 Å². The number of carbonyl (C=O) groups excluding carboxylic acids is 2. The lowest BCUT2D eigenvalue weighted by Crippen LogP contribution is -2.24. The van der Waals surface area contributed by atoms with Crippen molar-refractivity contribution in [1.29, 1.82) is 0 Å². The van der Waals surface area contributed by atoms with E-state index in [1.807, 2.05) is 13.0 Å². The van der Waals surface area contributed by atoms with Crippen molar-refractivity contribution >= 4 is 22.7 Å². The highest BCUT2D eigenvalue weighted by molar-refractivity contribution is 8.13. The Labute approximate surface area is 88.4 Å². The highest BCUT2D eigenvalue weighted by atomic mass is 32.2. The molecule has 2 nitrogen and oxygen atoms in total. The van der Waals surface area contributed by atoms with E-state index in [2.05, 4.69) is 6.58 Å². The zero-order valence-corrected chi connectivity index (χ0v) is 9.48. The van der Waals surface area contributed by atoms with E-state index in [0.29, 0.717) is 5.57 Å². The Morgan fingerprint density at radius 3 is 2.57 bits per heavy atom. The van der Waals surface area contributed by atoms with Gasteiger partial charge in [-0.1, -0.05) is 30.0 Å². The molecule has 0 saturated carbocycles. The van der Waals surface area contributed by atoms with Gasteiger partial charge < -0.3 is 0 Å². The Bertz CT molecular complexity index is 328. The standard InChI is InChI=1S/C11H14O2S/c1-6(2)8-5-7(3)10(12)9(8)11(13)14-4/h5,8-9H,1H2,2-4H3. The molecule has 0 aromatic rings. The van der Waals surface area contributed by atoms with Gasteiger partial charge in [0.25, 0.3) is 0 Å². The first-order chi connectivity index (χ1) is 6.49. The highest BCUT2D eigenvalue weighted by Gasteiger charge is 2.38. The van der Waals surface area contributed by atoms with E-state index in [4.69, 9.17) is 0 Å². The van der Waals surface area contributed by atoms with Crippen molar-refractivity contribution in [3.8, 4) is 0 Å². The summed E-state index contributed by atoms with van der Waals surface area (Å²) in [7, 11) is 0. The van der Waals surface area contributed by atoms with Crippen LogP contribution in [0.15, 0.2) is 23.8 Å². The Morgan fingerprint density at radius 2 is 2.14 bits per heavy atom. The lowest BCUT2D eigenvalue weighted by molar-refractivity contribution is -0.126. The average molecular weight is 210 g/mol. The van der Waals surface area contributed by atoms with Gasteiger partial charge in [-0.05, 0) is 25.7 Å². The van der Waals surface area contributed by atoms with E-state index in [1.54, 1.807) is 13.2 Å². The molecule has 14 heavy (non-hydrogen) atoms. The molecule has 0 bridgehead atoms. The third kappa shape index (κ3) is 1.82. The van der Waals surface area contributed by atoms with Crippen molar-refractivity contribution in [3.05, 3.63) is 23.8 Å². The Hall–Kier alpha value is -0.830. The Morgan fingerprint density at radius 1 is 1.57 bits per heavy atom. The van der Waals surface area contributed by atoms with E-state index in [-0.39, 0.29) is 16.8 Å². The smallest absolute Gasteiger partial charge is 0.200 e. The summed E-state index contributed by atoms with van der Waals surface area (Å²) in [4.78, 5) is 23.2. The molecular formula is C11H14O2S. The fraction of sp³-hybridized carbons (Fsp3) is 0.455. The van der Waals surface area contributed by atoms with Crippen LogP contribution < -0.4 is 0 Å². The molecule has 0 N–H and O–H groups in total. The molecule has 0 fully saturated rings. The molecule has 0 amide bonds. The van der Waals surface area contributed by atoms with E-state index in [0.717, 1.165) is 17.3 Å². The highest BCUT2D eigenvalue weighted by Crippen LogP contribution is 2.34. The molecule has 0 radical (unpaired) electrons. The minimum Gasteiger partial charge on any atom is -0.294 e. The molecule has 0 spiro atoms. The van der Waals surface area contributed by atoms with Crippen LogP contribution in [0.3, 0.4) is 0 Å². The SMILES string of the molecule is C=C(C)C1C=C(C)C(=O)C1C(=O)SC. The summed E-state index contributed by atoms with van der Waals surface area (Å²) in [5.74, 6) is -0.665. The van der Waals surface area contributed by atoms with Crippen molar-refractivity contribution in [3.63, 3.8) is 0 Å². The van der Waals surface area contributed by atoms with Gasteiger partial charge >= 0.3 is 0 Å². The number of hydrogen-bond donors (Lipinski definition) is 0. The third-order valence-corrected chi connectivity index (χ3v) is 3.14. The number of hydrogen-bond acceptors (Lipinski definition) is 3. The van der Waals surface area contributed by atoms with Crippen LogP contribution >= 0.6 is 11.8 Å². The molecule has 1 aliphatic carbocycles. The zero-order valence-electron chi connectivity index (χ0n) is 8.66. The number of allylic oxidation sites excluding steroid dienone is 3. The minimum absolute atomic E-state index is 0.0441. The van der Waals surface area contributed by atoms with Crippen molar-refractivity contribution in [2.45, 2.75) is 13.8 Å². The molecule has 76 valence electrons. The maximum atomic E-state index is 11.7. The molecule has 0 aromatic heterocycles. The van der Waals surface area contributed by atoms with Gasteiger partial charge in [0.2, 0.25) is 0 Å². The largest absolute Gasteiger partial charge is 0.294 e. The van der Waals surface area contributed by atoms with Gasteiger partial charge in [0.05, 0.1) is 0 Å². The van der Waals surface area contributed by atoms with E-state index in [9.17, 15) is 9.59 Å². The van der Waals surface area contributed by atoms with Gasteiger partial charge in [-0.3, -0.25) is 9.59 Å². The number of Topliss-reactive ketones (excluding diaryl/α,β-unsaturated/α-hetero) is 1. The zero-order chi connectivity index (χ0) is 10.9. The maximum Gasteiger partial charge on any atom is 0.200 e. The lowest BCUT2D eigenvalue weighted by atomic mass is 9.90. The Balaban J connectivity index is 3.00. The molecule has 0 saturated heterocycles. The summed E-state index contributed by atoms with van der Waals surface area (Å²) in [6.45, 7) is 7.43. The van der Waals surface area contributed by atoms with Crippen LogP contribution in [0.4, 0.5) is 0 Å². The van der Waals surface area contributed by atoms with Crippen molar-refractivity contribution in [2.24, 2.45) is 11.8 Å². The second-order valence-electron chi connectivity index (χ2n) is 3.59. The molecule has 3 heteroatoms. The van der Waals surface area contributed by atoms with Gasteiger partial charge in [0, 0.05) is 5.92 Å². The number of carbonyl (C=O) groups is 2. The molecule has 2 atom stereocenters. The van der Waals surface area contributed by atoms with Crippen LogP contribution in [0.2, 0.25) is 0 Å². The van der Waals surface area contributed by atoms with E-state index < -0.39 is 5.92 Å². The summed E-state index contributed by atoms with van der Waals surface area (Å²) in [5, 5.41) is -0.0592. The van der Waals surface area contributed by atoms with Gasteiger partial charge in [-0.15, -0.1) is 0 Å². The lowest BCUT2D eigenvalue weighted by Gasteiger charge is -2.15. The van der Waals surface area contributed by atoms with Gasteiger partial charge in [0.1, 0.15) is 5.92 Å². The second kappa shape index (κ2) is 4.13. The Kier molecular flexibility index (Phi) is 3.32. The molecular weight excluding hydrogens is 196 g/mol. The first-order valence-corrected chi connectivity index (χ1v) is 5.67. The van der Waals surface area contributed by atoms with Crippen LogP contribution in [0.25, 0.3) is 0 Å². The molecule has 0 aromatic carbocycles. The third-order valence-electron chi connectivity index (χ3n) is 2.48. The predicted octanol–water partition coefficient (Wildman–Crippen LogP) is 2.21. The first-order valence-electron chi connectivity index (χ1n) is 4.45. The monoisotopic (exact) mass is 210 g/mol. The van der Waals surface area contributed by atoms with Gasteiger partial charge in [-0.25, -0.2) is 0 Å². The number of rotatable bonds is 2. The quantitative estimate of drug-likeness (QED) is 0.517. The first kappa shape index (κ1) is 11.2.